The zero-order valence-corrected chi connectivity index (χ0v) is 11.4. The Kier molecular flexibility index (Phi) is 2.80. The van der Waals surface area contributed by atoms with E-state index in [9.17, 15) is 10.2 Å². The zero-order chi connectivity index (χ0) is 13.4. The second kappa shape index (κ2) is 4.48. The molecule has 6 nitrogen and oxygen atoms in total. The summed E-state index contributed by atoms with van der Waals surface area (Å²) in [6.07, 6.45) is 3.00. The van der Waals surface area contributed by atoms with Crippen LogP contribution in [-0.2, 0) is 0 Å². The van der Waals surface area contributed by atoms with Gasteiger partial charge in [0.25, 0.3) is 0 Å². The van der Waals surface area contributed by atoms with Crippen LogP contribution in [0.25, 0.3) is 22.4 Å². The van der Waals surface area contributed by atoms with Crippen LogP contribution in [0.4, 0.5) is 0 Å². The topological polar surface area (TPSA) is 92.0 Å². The Balaban J connectivity index is 2.17. The number of aromatic nitrogens is 4. The number of benzene rings is 1. The molecule has 0 spiro atoms. The van der Waals surface area contributed by atoms with Crippen LogP contribution in [0.5, 0.6) is 11.5 Å². The van der Waals surface area contributed by atoms with Crippen molar-refractivity contribution in [3.05, 3.63) is 30.7 Å². The van der Waals surface area contributed by atoms with E-state index in [0.717, 1.165) is 0 Å². The summed E-state index contributed by atoms with van der Waals surface area (Å²) in [7, 11) is 0. The molecule has 0 aliphatic rings. The summed E-state index contributed by atoms with van der Waals surface area (Å²) < 4.78 is 0.699. The molecule has 0 aliphatic carbocycles. The molecule has 0 saturated carbocycles. The fraction of sp³-hybridized carbons (Fsp3) is 0. The normalized spacial score (nSPS) is 10.8. The molecule has 1 aromatic carbocycles. The second-order valence-electron chi connectivity index (χ2n) is 3.83. The summed E-state index contributed by atoms with van der Waals surface area (Å²) in [6, 6.07) is 4.48. The Bertz CT molecular complexity index is 779. The molecule has 2 heterocycles. The third kappa shape index (κ3) is 2.11. The molecule has 0 atom stereocenters. The Labute approximate surface area is 116 Å². The van der Waals surface area contributed by atoms with Crippen molar-refractivity contribution in [2.45, 2.75) is 0 Å². The molecule has 3 rings (SSSR count). The minimum atomic E-state index is -0.199. The molecular weight excluding hydrogens is 307 g/mol. The molecule has 7 heteroatoms. The van der Waals surface area contributed by atoms with Crippen LogP contribution in [0.1, 0.15) is 0 Å². The quantitative estimate of drug-likeness (QED) is 0.495. The molecule has 0 aliphatic heterocycles. The number of hydrogen-bond acceptors (Lipinski definition) is 6. The number of phenolic OH excluding ortho intramolecular Hbond substituents is 2. The van der Waals surface area contributed by atoms with Gasteiger partial charge in [-0.3, -0.25) is 0 Å². The molecule has 2 aromatic heterocycles. The van der Waals surface area contributed by atoms with Gasteiger partial charge in [-0.05, 0) is 0 Å². The van der Waals surface area contributed by atoms with Crippen molar-refractivity contribution in [1.82, 2.24) is 19.9 Å². The molecule has 3 aromatic rings. The van der Waals surface area contributed by atoms with E-state index >= 15 is 0 Å². The molecular formula is C12H7AsN4O2. The van der Waals surface area contributed by atoms with Gasteiger partial charge in [0.2, 0.25) is 0 Å². The number of phenols is 2. The standard InChI is InChI=1S/C12H7AsN4O2/c13-11-10-12(16-5-15-11)17-7(4-14-10)6-1-2-8(18)9(19)3-6/h1-5,18-19H. The Morgan fingerprint density at radius 1 is 1.00 bits per heavy atom. The first-order chi connectivity index (χ1) is 9.15. The number of hydrogen-bond donors (Lipinski definition) is 2. The Hall–Kier alpha value is -2.20. The summed E-state index contributed by atoms with van der Waals surface area (Å²) in [5.74, 6) is -0.372. The molecule has 2 N–H and O–H groups in total. The number of fused-ring (bicyclic) bond motifs is 1. The monoisotopic (exact) mass is 314 g/mol. The average Bonchev–Trinajstić information content (AvgIpc) is 2.42. The van der Waals surface area contributed by atoms with Crippen LogP contribution in [0.3, 0.4) is 0 Å². The molecule has 0 bridgehead atoms. The van der Waals surface area contributed by atoms with Gasteiger partial charge in [-0.15, -0.1) is 0 Å². The van der Waals surface area contributed by atoms with Crippen LogP contribution in [0.2, 0.25) is 0 Å². The summed E-state index contributed by atoms with van der Waals surface area (Å²) in [5, 5.41) is 18.8. The third-order valence-corrected chi connectivity index (χ3v) is 3.28. The fourth-order valence-electron chi connectivity index (χ4n) is 1.65. The molecule has 2 radical (unpaired) electrons. The Morgan fingerprint density at radius 3 is 2.63 bits per heavy atom. The zero-order valence-electron chi connectivity index (χ0n) is 9.52. The number of nitrogens with zero attached hydrogens (tertiary/aromatic N) is 4. The fourth-order valence-corrected chi connectivity index (χ4v) is 2.09. The van der Waals surface area contributed by atoms with Crippen molar-refractivity contribution < 1.29 is 10.2 Å². The van der Waals surface area contributed by atoms with E-state index in [1.165, 1.54) is 18.5 Å². The minimum absolute atomic E-state index is 0.173. The van der Waals surface area contributed by atoms with Crippen molar-refractivity contribution >= 4 is 32.5 Å². The van der Waals surface area contributed by atoms with Gasteiger partial charge in [0.15, 0.2) is 0 Å². The first kappa shape index (κ1) is 11.9. The summed E-state index contributed by atoms with van der Waals surface area (Å²) >= 11 is 2.32. The Morgan fingerprint density at radius 2 is 1.84 bits per heavy atom. The van der Waals surface area contributed by atoms with Crippen LogP contribution in [-0.4, -0.2) is 47.0 Å². The van der Waals surface area contributed by atoms with E-state index < -0.39 is 0 Å². The molecule has 0 fully saturated rings. The van der Waals surface area contributed by atoms with Gasteiger partial charge in [0.1, 0.15) is 0 Å². The first-order valence-corrected chi connectivity index (χ1v) is 6.28. The average molecular weight is 314 g/mol. The van der Waals surface area contributed by atoms with Crippen molar-refractivity contribution in [1.29, 1.82) is 0 Å². The van der Waals surface area contributed by atoms with Crippen molar-refractivity contribution in [3.8, 4) is 22.8 Å². The first-order valence-electron chi connectivity index (χ1n) is 5.34. The molecule has 0 saturated heterocycles. The summed E-state index contributed by atoms with van der Waals surface area (Å²) in [4.78, 5) is 16.7. The molecule has 19 heavy (non-hydrogen) atoms. The molecule has 92 valence electrons. The molecule has 0 amide bonds. The van der Waals surface area contributed by atoms with Gasteiger partial charge in [-0.1, -0.05) is 0 Å². The summed E-state index contributed by atoms with van der Waals surface area (Å²) in [5.41, 5.74) is 2.31. The van der Waals surface area contributed by atoms with E-state index in [2.05, 4.69) is 36.8 Å². The van der Waals surface area contributed by atoms with E-state index in [4.69, 9.17) is 0 Å². The maximum absolute atomic E-state index is 9.49. The van der Waals surface area contributed by atoms with Crippen LogP contribution in [0.15, 0.2) is 30.7 Å². The maximum atomic E-state index is 9.49. The predicted molar refractivity (Wildman–Crippen MR) is 69.3 cm³/mol. The second-order valence-corrected chi connectivity index (χ2v) is 4.72. The number of aromatic hydroxyl groups is 2. The van der Waals surface area contributed by atoms with Gasteiger partial charge in [0, 0.05) is 0 Å². The van der Waals surface area contributed by atoms with Crippen LogP contribution < -0.4 is 4.48 Å². The summed E-state index contributed by atoms with van der Waals surface area (Å²) in [6.45, 7) is 0. The van der Waals surface area contributed by atoms with Gasteiger partial charge in [0.05, 0.1) is 0 Å². The SMILES string of the molecule is Oc1ccc(-c2cnc3c([As])ncnc3n2)cc1O. The van der Waals surface area contributed by atoms with Crippen molar-refractivity contribution in [2.24, 2.45) is 0 Å². The third-order valence-electron chi connectivity index (χ3n) is 2.60. The van der Waals surface area contributed by atoms with Gasteiger partial charge in [-0.25, -0.2) is 0 Å². The van der Waals surface area contributed by atoms with Crippen molar-refractivity contribution in [3.63, 3.8) is 0 Å². The van der Waals surface area contributed by atoms with Crippen molar-refractivity contribution in [2.75, 3.05) is 0 Å². The van der Waals surface area contributed by atoms with Gasteiger partial charge in [-0.2, -0.15) is 0 Å². The van der Waals surface area contributed by atoms with Gasteiger partial charge >= 0.3 is 116 Å². The number of rotatable bonds is 1. The van der Waals surface area contributed by atoms with E-state index in [1.807, 2.05) is 0 Å². The van der Waals surface area contributed by atoms with Crippen LogP contribution >= 0.6 is 0 Å². The van der Waals surface area contributed by atoms with Crippen LogP contribution in [0, 0.1) is 0 Å². The van der Waals surface area contributed by atoms with Gasteiger partial charge < -0.3 is 0 Å². The van der Waals surface area contributed by atoms with E-state index in [-0.39, 0.29) is 11.5 Å². The predicted octanol–water partition coefficient (Wildman–Crippen LogP) is 0.292. The van der Waals surface area contributed by atoms with E-state index in [1.54, 1.807) is 12.3 Å². The molecule has 0 unspecified atom stereocenters. The van der Waals surface area contributed by atoms with E-state index in [0.29, 0.717) is 26.9 Å².